The Labute approximate surface area is 175 Å². The molecule has 3 aromatic rings. The van der Waals surface area contributed by atoms with Crippen molar-refractivity contribution in [3.63, 3.8) is 0 Å². The smallest absolute Gasteiger partial charge is 0.260 e. The lowest BCUT2D eigenvalue weighted by molar-refractivity contribution is 0.0463. The maximum absolute atomic E-state index is 13.7. The van der Waals surface area contributed by atoms with E-state index >= 15 is 0 Å². The highest BCUT2D eigenvalue weighted by atomic mass is 16.5. The predicted molar refractivity (Wildman–Crippen MR) is 112 cm³/mol. The predicted octanol–water partition coefficient (Wildman–Crippen LogP) is 3.41. The molecule has 1 saturated heterocycles. The number of pyridine rings is 1. The van der Waals surface area contributed by atoms with Gasteiger partial charge in [0.05, 0.1) is 30.7 Å². The van der Waals surface area contributed by atoms with Gasteiger partial charge in [0, 0.05) is 23.5 Å². The highest BCUT2D eigenvalue weighted by Crippen LogP contribution is 2.41. The standard InChI is InChI=1S/C23H24N4O3/c1-3-29-22-21(17-7-5-4-6-16(17)11-26-22)23(28)27-13-15-8-18(27)19(9-15)30-20-12-24-14(2)10-25-20/h4-7,10-12,15,18-19H,3,8-9,13H2,1-2H3. The maximum Gasteiger partial charge on any atom is 0.260 e. The quantitative estimate of drug-likeness (QED) is 0.649. The molecule has 7 heteroatoms. The minimum atomic E-state index is -0.0804. The van der Waals surface area contributed by atoms with Crippen LogP contribution in [0.4, 0.5) is 0 Å². The van der Waals surface area contributed by atoms with Crippen LogP contribution in [0.25, 0.3) is 10.8 Å². The number of aryl methyl sites for hydroxylation is 1. The molecular formula is C23H24N4O3. The van der Waals surface area contributed by atoms with Crippen LogP contribution in [0.3, 0.4) is 0 Å². The molecule has 1 aliphatic heterocycles. The van der Waals surface area contributed by atoms with E-state index in [1.807, 2.05) is 43.0 Å². The van der Waals surface area contributed by atoms with Crippen LogP contribution in [0.5, 0.6) is 11.8 Å². The van der Waals surface area contributed by atoms with Gasteiger partial charge in [0.2, 0.25) is 11.8 Å². The topological polar surface area (TPSA) is 77.4 Å². The summed E-state index contributed by atoms with van der Waals surface area (Å²) in [5.74, 6) is 1.29. The second-order valence-corrected chi connectivity index (χ2v) is 7.97. The average molecular weight is 404 g/mol. The molecule has 0 N–H and O–H groups in total. The van der Waals surface area contributed by atoms with Gasteiger partial charge in [-0.2, -0.15) is 0 Å². The molecule has 154 valence electrons. The van der Waals surface area contributed by atoms with Gasteiger partial charge in [0.1, 0.15) is 11.7 Å². The first-order chi connectivity index (χ1) is 14.6. The second kappa shape index (κ2) is 7.55. The van der Waals surface area contributed by atoms with Gasteiger partial charge in [-0.25, -0.2) is 9.97 Å². The Morgan fingerprint density at radius 3 is 2.77 bits per heavy atom. The van der Waals surface area contributed by atoms with Crippen LogP contribution in [-0.4, -0.2) is 51.1 Å². The van der Waals surface area contributed by atoms with Gasteiger partial charge in [-0.05, 0) is 32.6 Å². The number of hydrogen-bond donors (Lipinski definition) is 0. The molecule has 2 aliphatic rings. The van der Waals surface area contributed by atoms with Crippen molar-refractivity contribution in [2.24, 2.45) is 5.92 Å². The molecule has 3 heterocycles. The van der Waals surface area contributed by atoms with Crippen LogP contribution in [-0.2, 0) is 0 Å². The Morgan fingerprint density at radius 2 is 2.00 bits per heavy atom. The Bertz CT molecular complexity index is 1090. The molecule has 2 aromatic heterocycles. The number of nitrogens with zero attached hydrogens (tertiary/aromatic N) is 4. The lowest BCUT2D eigenvalue weighted by Crippen LogP contribution is -2.47. The molecule has 0 spiro atoms. The Hall–Kier alpha value is -3.22. The largest absolute Gasteiger partial charge is 0.477 e. The zero-order valence-corrected chi connectivity index (χ0v) is 17.1. The molecular weight excluding hydrogens is 380 g/mol. The summed E-state index contributed by atoms with van der Waals surface area (Å²) >= 11 is 0. The maximum atomic E-state index is 13.7. The molecule has 2 fully saturated rings. The first kappa shape index (κ1) is 18.8. The summed E-state index contributed by atoms with van der Waals surface area (Å²) in [5.41, 5.74) is 1.38. The van der Waals surface area contributed by atoms with E-state index in [4.69, 9.17) is 9.47 Å². The third kappa shape index (κ3) is 3.24. The summed E-state index contributed by atoms with van der Waals surface area (Å²) in [5, 5.41) is 1.79. The highest BCUT2D eigenvalue weighted by molar-refractivity contribution is 6.09. The highest BCUT2D eigenvalue weighted by Gasteiger charge is 2.49. The molecule has 5 rings (SSSR count). The minimum absolute atomic E-state index is 0.0130. The molecule has 1 aromatic carbocycles. The van der Waals surface area contributed by atoms with Crippen LogP contribution in [0.15, 0.2) is 42.9 Å². The lowest BCUT2D eigenvalue weighted by atomic mass is 10.0. The number of rotatable bonds is 5. The van der Waals surface area contributed by atoms with Gasteiger partial charge in [-0.15, -0.1) is 0 Å². The first-order valence-electron chi connectivity index (χ1n) is 10.4. The third-order valence-electron chi connectivity index (χ3n) is 5.97. The van der Waals surface area contributed by atoms with E-state index in [-0.39, 0.29) is 18.1 Å². The number of ether oxygens (including phenoxy) is 2. The summed E-state index contributed by atoms with van der Waals surface area (Å²) in [7, 11) is 0. The van der Waals surface area contributed by atoms with Gasteiger partial charge >= 0.3 is 0 Å². The number of amides is 1. The minimum Gasteiger partial charge on any atom is -0.477 e. The van der Waals surface area contributed by atoms with E-state index in [1.165, 1.54) is 0 Å². The summed E-state index contributed by atoms with van der Waals surface area (Å²) < 4.78 is 11.9. The Morgan fingerprint density at radius 1 is 1.13 bits per heavy atom. The molecule has 7 nitrogen and oxygen atoms in total. The lowest BCUT2D eigenvalue weighted by Gasteiger charge is -2.33. The van der Waals surface area contributed by atoms with Crippen molar-refractivity contribution in [3.05, 3.63) is 54.1 Å². The van der Waals surface area contributed by atoms with Crippen molar-refractivity contribution in [2.45, 2.75) is 38.8 Å². The van der Waals surface area contributed by atoms with Gasteiger partial charge in [0.15, 0.2) is 0 Å². The van der Waals surface area contributed by atoms with Crippen molar-refractivity contribution in [3.8, 4) is 11.8 Å². The molecule has 1 amide bonds. The monoisotopic (exact) mass is 404 g/mol. The molecule has 30 heavy (non-hydrogen) atoms. The van der Waals surface area contributed by atoms with Crippen molar-refractivity contribution >= 4 is 16.7 Å². The van der Waals surface area contributed by atoms with Crippen molar-refractivity contribution < 1.29 is 14.3 Å². The fourth-order valence-electron chi connectivity index (χ4n) is 4.66. The Kier molecular flexibility index (Phi) is 4.73. The van der Waals surface area contributed by atoms with E-state index < -0.39 is 0 Å². The fourth-order valence-corrected chi connectivity index (χ4v) is 4.66. The summed E-state index contributed by atoms with van der Waals surface area (Å²) in [6, 6.07) is 7.82. The number of carbonyl (C=O) groups excluding carboxylic acids is 1. The summed E-state index contributed by atoms with van der Waals surface area (Å²) in [6.45, 7) is 4.98. The fraction of sp³-hybridized carbons (Fsp3) is 0.391. The number of benzene rings is 1. The van der Waals surface area contributed by atoms with E-state index in [0.717, 1.165) is 35.9 Å². The number of piperidine rings is 1. The number of likely N-dealkylation sites (tertiary alicyclic amines) is 1. The Balaban J connectivity index is 1.45. The molecule has 1 aliphatic carbocycles. The van der Waals surface area contributed by atoms with Gasteiger partial charge in [-0.3, -0.25) is 9.78 Å². The zero-order chi connectivity index (χ0) is 20.7. The molecule has 3 atom stereocenters. The van der Waals surface area contributed by atoms with Crippen LogP contribution >= 0.6 is 0 Å². The van der Waals surface area contributed by atoms with Crippen LogP contribution in [0.1, 0.15) is 35.8 Å². The number of aromatic nitrogens is 3. The summed E-state index contributed by atoms with van der Waals surface area (Å²) in [4.78, 5) is 28.6. The zero-order valence-electron chi connectivity index (χ0n) is 17.1. The average Bonchev–Trinajstić information content (AvgIpc) is 3.36. The SMILES string of the molecule is CCOc1ncc2ccccc2c1C(=O)N1CC2CC(Oc3cnc(C)cn3)C1C2. The van der Waals surface area contributed by atoms with Crippen LogP contribution in [0.2, 0.25) is 0 Å². The van der Waals surface area contributed by atoms with E-state index in [1.54, 1.807) is 18.6 Å². The van der Waals surface area contributed by atoms with Crippen molar-refractivity contribution in [1.82, 2.24) is 19.9 Å². The van der Waals surface area contributed by atoms with E-state index in [2.05, 4.69) is 15.0 Å². The number of hydrogen-bond acceptors (Lipinski definition) is 6. The van der Waals surface area contributed by atoms with E-state index in [0.29, 0.717) is 29.8 Å². The first-order valence-corrected chi connectivity index (χ1v) is 10.4. The van der Waals surface area contributed by atoms with Gasteiger partial charge in [0.25, 0.3) is 5.91 Å². The number of carbonyl (C=O) groups is 1. The molecule has 1 saturated carbocycles. The van der Waals surface area contributed by atoms with Crippen molar-refractivity contribution in [1.29, 1.82) is 0 Å². The van der Waals surface area contributed by atoms with Crippen LogP contribution < -0.4 is 9.47 Å². The molecule has 0 radical (unpaired) electrons. The van der Waals surface area contributed by atoms with Crippen LogP contribution in [0, 0.1) is 12.8 Å². The number of fused-ring (bicyclic) bond motifs is 3. The molecule has 3 unspecified atom stereocenters. The normalized spacial score (nSPS) is 22.5. The molecule has 2 bridgehead atoms. The van der Waals surface area contributed by atoms with Gasteiger partial charge in [-0.1, -0.05) is 24.3 Å². The second-order valence-electron chi connectivity index (χ2n) is 7.97. The third-order valence-corrected chi connectivity index (χ3v) is 5.97. The van der Waals surface area contributed by atoms with Gasteiger partial charge < -0.3 is 14.4 Å². The van der Waals surface area contributed by atoms with E-state index in [9.17, 15) is 4.79 Å². The summed E-state index contributed by atoms with van der Waals surface area (Å²) in [6.07, 6.45) is 6.89. The van der Waals surface area contributed by atoms with Crippen molar-refractivity contribution in [2.75, 3.05) is 13.2 Å².